The Morgan fingerprint density at radius 3 is 2.53 bits per heavy atom. The maximum absolute atomic E-state index is 12.4. The summed E-state index contributed by atoms with van der Waals surface area (Å²) in [5, 5.41) is 11.2. The van der Waals surface area contributed by atoms with Crippen LogP contribution in [0.15, 0.2) is 22.7 Å². The summed E-state index contributed by atoms with van der Waals surface area (Å²) in [6.07, 6.45) is -4.38. The molecule has 0 atom stereocenters. The first-order valence-electron chi connectivity index (χ1n) is 4.17. The molecule has 6 heteroatoms. The van der Waals surface area contributed by atoms with Gasteiger partial charge in [-0.05, 0) is 28.1 Å². The van der Waals surface area contributed by atoms with Crippen molar-refractivity contribution in [1.29, 1.82) is 0 Å². The van der Waals surface area contributed by atoms with Gasteiger partial charge in [0.1, 0.15) is 0 Å². The highest BCUT2D eigenvalue weighted by Gasteiger charge is 2.33. The van der Waals surface area contributed by atoms with Crippen molar-refractivity contribution < 1.29 is 18.3 Å². The van der Waals surface area contributed by atoms with Gasteiger partial charge >= 0.3 is 6.18 Å². The first-order valence-corrected chi connectivity index (χ1v) is 4.96. The van der Waals surface area contributed by atoms with Crippen molar-refractivity contribution in [3.05, 3.63) is 28.2 Å². The molecule has 1 rings (SSSR count). The summed E-state index contributed by atoms with van der Waals surface area (Å²) in [6, 6.07) is 3.82. The van der Waals surface area contributed by atoms with Crippen LogP contribution in [-0.4, -0.2) is 18.3 Å². The Hall–Kier alpha value is -0.750. The van der Waals surface area contributed by atoms with Crippen LogP contribution in [0.1, 0.15) is 5.56 Å². The van der Waals surface area contributed by atoms with Gasteiger partial charge in [-0.25, -0.2) is 0 Å². The highest BCUT2D eigenvalue weighted by Crippen LogP contribution is 2.38. The van der Waals surface area contributed by atoms with Gasteiger partial charge in [-0.3, -0.25) is 0 Å². The van der Waals surface area contributed by atoms with Crippen LogP contribution in [0.2, 0.25) is 0 Å². The number of hydrogen-bond donors (Lipinski definition) is 2. The molecule has 0 aliphatic rings. The summed E-state index contributed by atoms with van der Waals surface area (Å²) in [5.41, 5.74) is -0.413. The molecule has 0 saturated carbocycles. The molecule has 84 valence electrons. The Kier molecular flexibility index (Phi) is 3.98. The largest absolute Gasteiger partial charge is 0.417 e. The van der Waals surface area contributed by atoms with Gasteiger partial charge in [-0.15, -0.1) is 0 Å². The number of nitrogens with one attached hydrogen (secondary N) is 1. The van der Waals surface area contributed by atoms with Crippen LogP contribution in [-0.2, 0) is 6.18 Å². The van der Waals surface area contributed by atoms with Crippen LogP contribution in [0, 0.1) is 0 Å². The van der Waals surface area contributed by atoms with Gasteiger partial charge in [0, 0.05) is 12.2 Å². The summed E-state index contributed by atoms with van der Waals surface area (Å²) in [7, 11) is 0. The van der Waals surface area contributed by atoms with Crippen molar-refractivity contribution >= 4 is 21.6 Å². The number of anilines is 1. The van der Waals surface area contributed by atoms with Crippen LogP contribution in [0.4, 0.5) is 18.9 Å². The minimum atomic E-state index is -4.38. The fraction of sp³-hybridized carbons (Fsp3) is 0.333. The predicted molar refractivity (Wildman–Crippen MR) is 54.7 cm³/mol. The Labute approximate surface area is 93.2 Å². The molecular formula is C9H9BrF3NO. The van der Waals surface area contributed by atoms with E-state index >= 15 is 0 Å². The molecule has 0 fully saturated rings. The monoisotopic (exact) mass is 283 g/mol. The van der Waals surface area contributed by atoms with Crippen LogP contribution in [0.5, 0.6) is 0 Å². The number of benzene rings is 1. The molecule has 0 saturated heterocycles. The van der Waals surface area contributed by atoms with Gasteiger partial charge in [0.15, 0.2) is 0 Å². The molecule has 2 N–H and O–H groups in total. The summed E-state index contributed by atoms with van der Waals surface area (Å²) < 4.78 is 37.3. The lowest BCUT2D eigenvalue weighted by atomic mass is 10.2. The maximum atomic E-state index is 12.4. The number of aliphatic hydroxyl groups excluding tert-OH is 1. The van der Waals surface area contributed by atoms with E-state index in [9.17, 15) is 13.2 Å². The SMILES string of the molecule is OCCNc1cccc(C(F)(F)F)c1Br. The first-order chi connectivity index (χ1) is 6.96. The molecule has 0 bridgehead atoms. The minimum absolute atomic E-state index is 0.0362. The third-order valence-electron chi connectivity index (χ3n) is 1.73. The van der Waals surface area contributed by atoms with Gasteiger partial charge in [-0.1, -0.05) is 6.07 Å². The van der Waals surface area contributed by atoms with Crippen LogP contribution in [0.25, 0.3) is 0 Å². The number of aliphatic hydroxyl groups is 1. The second-order valence-electron chi connectivity index (χ2n) is 2.82. The quantitative estimate of drug-likeness (QED) is 0.894. The van der Waals surface area contributed by atoms with Crippen molar-refractivity contribution in [3.8, 4) is 0 Å². The molecular weight excluding hydrogens is 275 g/mol. The molecule has 0 unspecified atom stereocenters. The zero-order chi connectivity index (χ0) is 11.5. The molecule has 1 aromatic carbocycles. The summed E-state index contributed by atoms with van der Waals surface area (Å²) >= 11 is 2.88. The van der Waals surface area contributed by atoms with E-state index in [0.717, 1.165) is 6.07 Å². The molecule has 0 aromatic heterocycles. The number of rotatable bonds is 3. The molecule has 1 aromatic rings. The average Bonchev–Trinajstić information content (AvgIpc) is 2.14. The minimum Gasteiger partial charge on any atom is -0.395 e. The molecule has 0 radical (unpaired) electrons. The van der Waals surface area contributed by atoms with E-state index in [2.05, 4.69) is 21.2 Å². The van der Waals surface area contributed by atoms with Crippen molar-refractivity contribution in [2.24, 2.45) is 0 Å². The van der Waals surface area contributed by atoms with Gasteiger partial charge in [0.05, 0.1) is 16.6 Å². The standard InChI is InChI=1S/C9H9BrF3NO/c10-8-6(9(11,12)13)2-1-3-7(8)14-4-5-15/h1-3,14-15H,4-5H2. The lowest BCUT2D eigenvalue weighted by Crippen LogP contribution is -2.10. The first kappa shape index (κ1) is 12.3. The zero-order valence-corrected chi connectivity index (χ0v) is 9.19. The third-order valence-corrected chi connectivity index (χ3v) is 2.59. The molecule has 0 heterocycles. The highest BCUT2D eigenvalue weighted by molar-refractivity contribution is 9.10. The molecule has 0 aliphatic heterocycles. The van der Waals surface area contributed by atoms with E-state index in [0.29, 0.717) is 5.69 Å². The lowest BCUT2D eigenvalue weighted by molar-refractivity contribution is -0.138. The fourth-order valence-electron chi connectivity index (χ4n) is 1.08. The molecule has 0 aliphatic carbocycles. The predicted octanol–water partition coefficient (Wildman–Crippen LogP) is 2.87. The lowest BCUT2D eigenvalue weighted by Gasteiger charge is -2.13. The molecule has 15 heavy (non-hydrogen) atoms. The van der Waals surface area contributed by atoms with Gasteiger partial charge < -0.3 is 10.4 Å². The van der Waals surface area contributed by atoms with E-state index < -0.39 is 11.7 Å². The van der Waals surface area contributed by atoms with Crippen LogP contribution >= 0.6 is 15.9 Å². The van der Waals surface area contributed by atoms with E-state index in [4.69, 9.17) is 5.11 Å². The van der Waals surface area contributed by atoms with Gasteiger partial charge in [0.2, 0.25) is 0 Å². The van der Waals surface area contributed by atoms with Crippen molar-refractivity contribution in [1.82, 2.24) is 0 Å². The second kappa shape index (κ2) is 4.85. The van der Waals surface area contributed by atoms with Crippen molar-refractivity contribution in [2.75, 3.05) is 18.5 Å². The number of hydrogen-bond acceptors (Lipinski definition) is 2. The summed E-state index contributed by atoms with van der Waals surface area (Å²) in [4.78, 5) is 0. The molecule has 0 amide bonds. The van der Waals surface area contributed by atoms with Gasteiger partial charge in [0.25, 0.3) is 0 Å². The highest BCUT2D eigenvalue weighted by atomic mass is 79.9. The van der Waals surface area contributed by atoms with E-state index in [1.807, 2.05) is 0 Å². The smallest absolute Gasteiger partial charge is 0.395 e. The van der Waals surface area contributed by atoms with E-state index in [-0.39, 0.29) is 17.6 Å². The number of halogens is 4. The zero-order valence-electron chi connectivity index (χ0n) is 7.61. The number of alkyl halides is 3. The van der Waals surface area contributed by atoms with E-state index in [1.54, 1.807) is 0 Å². The summed E-state index contributed by atoms with van der Waals surface area (Å²) in [5.74, 6) is 0. The second-order valence-corrected chi connectivity index (χ2v) is 3.61. The van der Waals surface area contributed by atoms with Crippen LogP contribution < -0.4 is 5.32 Å². The molecule has 2 nitrogen and oxygen atoms in total. The normalized spacial score (nSPS) is 11.5. The summed E-state index contributed by atoms with van der Waals surface area (Å²) in [6.45, 7) is 0.0720. The Morgan fingerprint density at radius 1 is 1.33 bits per heavy atom. The van der Waals surface area contributed by atoms with Crippen molar-refractivity contribution in [3.63, 3.8) is 0 Å². The van der Waals surface area contributed by atoms with Crippen LogP contribution in [0.3, 0.4) is 0 Å². The maximum Gasteiger partial charge on any atom is 0.417 e. The topological polar surface area (TPSA) is 32.3 Å². The van der Waals surface area contributed by atoms with E-state index in [1.165, 1.54) is 12.1 Å². The Morgan fingerprint density at radius 2 is 2.00 bits per heavy atom. The Bertz CT molecular complexity index is 341. The Balaban J connectivity index is 3.01. The molecule has 0 spiro atoms. The van der Waals surface area contributed by atoms with Crippen molar-refractivity contribution in [2.45, 2.75) is 6.18 Å². The van der Waals surface area contributed by atoms with Gasteiger partial charge in [-0.2, -0.15) is 13.2 Å². The average molecular weight is 284 g/mol. The third kappa shape index (κ3) is 3.10. The fourth-order valence-corrected chi connectivity index (χ4v) is 1.71.